The third-order valence-electron chi connectivity index (χ3n) is 5.66. The van der Waals surface area contributed by atoms with Gasteiger partial charge in [-0.25, -0.2) is 0 Å². The van der Waals surface area contributed by atoms with Crippen molar-refractivity contribution in [2.45, 2.75) is 32.9 Å². The lowest BCUT2D eigenvalue weighted by Gasteiger charge is -2.27. The first-order chi connectivity index (χ1) is 15.4. The number of pyridine rings is 1. The van der Waals surface area contributed by atoms with E-state index < -0.39 is 0 Å². The maximum atomic E-state index is 12.4. The first kappa shape index (κ1) is 22.3. The summed E-state index contributed by atoms with van der Waals surface area (Å²) < 4.78 is 7.38. The standard InChI is InChI=1S/C24H25ClN4O2S/c1-4-31-21(30)14-28-23(22(27-24(28)32)20-10-5-6-11-26-20)19-12-15(2)29(16(19)3)18-9-7-8-17(25)13-18/h5-13,22-23H,4,14H2,1-3H3,(H,27,32)/t22-,23-/m1/s1. The summed E-state index contributed by atoms with van der Waals surface area (Å²) in [5.74, 6) is -0.313. The van der Waals surface area contributed by atoms with E-state index in [0.717, 1.165) is 28.3 Å². The molecule has 0 amide bonds. The van der Waals surface area contributed by atoms with Crippen molar-refractivity contribution < 1.29 is 9.53 Å². The lowest BCUT2D eigenvalue weighted by molar-refractivity contribution is -0.143. The maximum absolute atomic E-state index is 12.4. The van der Waals surface area contributed by atoms with Crippen LogP contribution in [0.4, 0.5) is 0 Å². The summed E-state index contributed by atoms with van der Waals surface area (Å²) in [6, 6.07) is 15.3. The molecule has 1 aliphatic rings. The van der Waals surface area contributed by atoms with Gasteiger partial charge in [-0.2, -0.15) is 0 Å². The molecule has 0 aliphatic carbocycles. The number of carbonyl (C=O) groups excluding carboxylic acids is 1. The summed E-state index contributed by atoms with van der Waals surface area (Å²) in [7, 11) is 0. The lowest BCUT2D eigenvalue weighted by Crippen LogP contribution is -2.35. The van der Waals surface area contributed by atoms with Crippen LogP contribution in [0, 0.1) is 13.8 Å². The van der Waals surface area contributed by atoms with Gasteiger partial charge in [0.05, 0.1) is 24.4 Å². The summed E-state index contributed by atoms with van der Waals surface area (Å²) >= 11 is 11.9. The molecule has 1 aliphatic heterocycles. The third-order valence-corrected chi connectivity index (χ3v) is 6.25. The van der Waals surface area contributed by atoms with E-state index in [2.05, 4.69) is 34.8 Å². The summed E-state index contributed by atoms with van der Waals surface area (Å²) in [4.78, 5) is 18.9. The number of aromatic nitrogens is 2. The van der Waals surface area contributed by atoms with Crippen LogP contribution in [0.25, 0.3) is 5.69 Å². The summed E-state index contributed by atoms with van der Waals surface area (Å²) in [5, 5.41) is 4.56. The molecule has 3 heterocycles. The second kappa shape index (κ2) is 9.30. The number of rotatable bonds is 6. The number of nitrogens with zero attached hydrogens (tertiary/aromatic N) is 3. The van der Waals surface area contributed by atoms with Gasteiger partial charge in [-0.1, -0.05) is 23.7 Å². The molecule has 32 heavy (non-hydrogen) atoms. The zero-order valence-electron chi connectivity index (χ0n) is 18.2. The minimum atomic E-state index is -0.313. The molecule has 8 heteroatoms. The molecule has 1 fully saturated rings. The molecule has 4 rings (SSSR count). The van der Waals surface area contributed by atoms with Gasteiger partial charge in [0, 0.05) is 28.3 Å². The summed E-state index contributed by atoms with van der Waals surface area (Å²) in [5.41, 5.74) is 5.02. The largest absolute Gasteiger partial charge is 0.465 e. The van der Waals surface area contributed by atoms with Crippen LogP contribution < -0.4 is 5.32 Å². The van der Waals surface area contributed by atoms with E-state index in [9.17, 15) is 4.79 Å². The van der Waals surface area contributed by atoms with E-state index in [1.807, 2.05) is 47.4 Å². The van der Waals surface area contributed by atoms with Crippen LogP contribution in [-0.2, 0) is 9.53 Å². The van der Waals surface area contributed by atoms with E-state index >= 15 is 0 Å². The van der Waals surface area contributed by atoms with Crippen molar-refractivity contribution in [1.29, 1.82) is 0 Å². The average molecular weight is 469 g/mol. The Morgan fingerprint density at radius 3 is 2.72 bits per heavy atom. The van der Waals surface area contributed by atoms with Gasteiger partial charge in [0.15, 0.2) is 5.11 Å². The molecule has 2 atom stereocenters. The zero-order valence-corrected chi connectivity index (χ0v) is 19.8. The van der Waals surface area contributed by atoms with Gasteiger partial charge in [0.2, 0.25) is 0 Å². The molecule has 0 unspecified atom stereocenters. The van der Waals surface area contributed by atoms with Gasteiger partial charge in [-0.3, -0.25) is 9.78 Å². The molecule has 0 bridgehead atoms. The van der Waals surface area contributed by atoms with Crippen molar-refractivity contribution in [3.05, 3.63) is 82.4 Å². The highest BCUT2D eigenvalue weighted by Crippen LogP contribution is 2.41. The van der Waals surface area contributed by atoms with Gasteiger partial charge < -0.3 is 19.5 Å². The molecular weight excluding hydrogens is 444 g/mol. The molecule has 2 aromatic heterocycles. The SMILES string of the molecule is CCOC(=O)CN1C(=S)N[C@H](c2ccccn2)[C@H]1c1cc(C)n(-c2cccc(Cl)c2)c1C. The fourth-order valence-electron chi connectivity index (χ4n) is 4.36. The molecule has 0 spiro atoms. The average Bonchev–Trinajstić information content (AvgIpc) is 3.24. The van der Waals surface area contributed by atoms with Gasteiger partial charge >= 0.3 is 5.97 Å². The first-order valence-electron chi connectivity index (χ1n) is 10.5. The second-order valence-electron chi connectivity index (χ2n) is 7.70. The number of benzene rings is 1. The molecule has 1 saturated heterocycles. The summed E-state index contributed by atoms with van der Waals surface area (Å²) in [6.07, 6.45) is 1.76. The number of halogens is 1. The highest BCUT2D eigenvalue weighted by molar-refractivity contribution is 7.80. The Morgan fingerprint density at radius 1 is 1.22 bits per heavy atom. The van der Waals surface area contributed by atoms with Crippen molar-refractivity contribution in [1.82, 2.24) is 19.8 Å². The van der Waals surface area contributed by atoms with Gasteiger partial charge in [-0.15, -0.1) is 0 Å². The number of carbonyl (C=O) groups is 1. The zero-order chi connectivity index (χ0) is 22.8. The van der Waals surface area contributed by atoms with Crippen LogP contribution in [-0.4, -0.2) is 38.7 Å². The number of hydrogen-bond donors (Lipinski definition) is 1. The highest BCUT2D eigenvalue weighted by Gasteiger charge is 2.42. The maximum Gasteiger partial charge on any atom is 0.325 e. The van der Waals surface area contributed by atoms with E-state index in [1.54, 1.807) is 13.1 Å². The fraction of sp³-hybridized carbons (Fsp3) is 0.292. The Balaban J connectivity index is 1.81. The quantitative estimate of drug-likeness (QED) is 0.418. The molecule has 0 radical (unpaired) electrons. The Bertz CT molecular complexity index is 1150. The van der Waals surface area contributed by atoms with Gasteiger partial charge in [0.1, 0.15) is 6.54 Å². The van der Waals surface area contributed by atoms with Crippen LogP contribution in [0.5, 0.6) is 0 Å². The monoisotopic (exact) mass is 468 g/mol. The Kier molecular flexibility index (Phi) is 6.48. The van der Waals surface area contributed by atoms with Crippen LogP contribution in [0.2, 0.25) is 5.02 Å². The van der Waals surface area contributed by atoms with Crippen molar-refractivity contribution >= 4 is 34.9 Å². The van der Waals surface area contributed by atoms with Crippen molar-refractivity contribution in [3.63, 3.8) is 0 Å². The van der Waals surface area contributed by atoms with E-state index in [1.165, 1.54) is 0 Å². The molecule has 6 nitrogen and oxygen atoms in total. The van der Waals surface area contributed by atoms with Crippen LogP contribution in [0.3, 0.4) is 0 Å². The topological polar surface area (TPSA) is 59.4 Å². The minimum absolute atomic E-state index is 0.0640. The van der Waals surface area contributed by atoms with Crippen molar-refractivity contribution in [2.24, 2.45) is 0 Å². The lowest BCUT2D eigenvalue weighted by atomic mass is 9.97. The van der Waals surface area contributed by atoms with E-state index in [0.29, 0.717) is 16.7 Å². The number of thiocarbonyl (C=S) groups is 1. The number of aryl methyl sites for hydroxylation is 1. The third kappa shape index (κ3) is 4.23. The molecule has 1 aromatic carbocycles. The number of esters is 1. The normalized spacial score (nSPS) is 18.0. The number of nitrogens with one attached hydrogen (secondary N) is 1. The minimum Gasteiger partial charge on any atom is -0.465 e. The van der Waals surface area contributed by atoms with Crippen LogP contribution in [0.15, 0.2) is 54.7 Å². The molecule has 0 saturated carbocycles. The van der Waals surface area contributed by atoms with Gasteiger partial charge in [0.25, 0.3) is 0 Å². The Labute approximate surface area is 198 Å². The van der Waals surface area contributed by atoms with Crippen LogP contribution >= 0.6 is 23.8 Å². The molecule has 3 aromatic rings. The fourth-order valence-corrected chi connectivity index (χ4v) is 4.85. The Hall–Kier alpha value is -2.90. The number of ether oxygens (including phenoxy) is 1. The Morgan fingerprint density at radius 2 is 2.03 bits per heavy atom. The first-order valence-corrected chi connectivity index (χ1v) is 11.3. The molecule has 166 valence electrons. The predicted molar refractivity (Wildman–Crippen MR) is 129 cm³/mol. The second-order valence-corrected chi connectivity index (χ2v) is 8.52. The van der Waals surface area contributed by atoms with Crippen molar-refractivity contribution in [3.8, 4) is 5.69 Å². The molecular formula is C24H25ClN4O2S. The summed E-state index contributed by atoms with van der Waals surface area (Å²) in [6.45, 7) is 6.32. The molecule has 1 N–H and O–H groups in total. The smallest absolute Gasteiger partial charge is 0.325 e. The predicted octanol–water partition coefficient (Wildman–Crippen LogP) is 4.68. The van der Waals surface area contributed by atoms with E-state index in [-0.39, 0.29) is 24.6 Å². The van der Waals surface area contributed by atoms with Crippen LogP contribution in [0.1, 0.15) is 41.7 Å². The number of hydrogen-bond acceptors (Lipinski definition) is 4. The highest BCUT2D eigenvalue weighted by atomic mass is 35.5. The van der Waals surface area contributed by atoms with Crippen molar-refractivity contribution in [2.75, 3.05) is 13.2 Å². The van der Waals surface area contributed by atoms with Gasteiger partial charge in [-0.05, 0) is 75.0 Å². The van der Waals surface area contributed by atoms with E-state index in [4.69, 9.17) is 28.6 Å².